The molecule has 0 aliphatic carbocycles. The second-order valence-electron chi connectivity index (χ2n) is 5.09. The summed E-state index contributed by atoms with van der Waals surface area (Å²) in [6.07, 6.45) is 0. The highest BCUT2D eigenvalue weighted by atomic mass is 35.5. The summed E-state index contributed by atoms with van der Waals surface area (Å²) >= 11 is 5.95. The average molecular weight is 305 g/mol. The Morgan fingerprint density at radius 3 is 2.62 bits per heavy atom. The topological polar surface area (TPSA) is 53.5 Å². The van der Waals surface area contributed by atoms with Gasteiger partial charge in [0.05, 0.1) is 13.2 Å². The lowest BCUT2D eigenvalue weighted by atomic mass is 9.88. The van der Waals surface area contributed by atoms with Crippen LogP contribution in [0.4, 0.5) is 0 Å². The quantitative estimate of drug-likeness (QED) is 0.816. The zero-order valence-corrected chi connectivity index (χ0v) is 12.4. The number of nitrogens with one attached hydrogen (secondary N) is 2. The third-order valence-corrected chi connectivity index (χ3v) is 4.10. The molecule has 1 saturated heterocycles. The average Bonchev–Trinajstić information content (AvgIpc) is 2.97. The van der Waals surface area contributed by atoms with Gasteiger partial charge in [-0.2, -0.15) is 0 Å². The first-order valence-corrected chi connectivity index (χ1v) is 7.17. The Bertz CT molecular complexity index is 631. The summed E-state index contributed by atoms with van der Waals surface area (Å²) in [5.41, 5.74) is 8.42. The van der Waals surface area contributed by atoms with Gasteiger partial charge in [0.15, 0.2) is 0 Å². The minimum absolute atomic E-state index is 0.00270. The largest absolute Gasteiger partial charge is 0.507 e. The van der Waals surface area contributed by atoms with Crippen LogP contribution in [0.5, 0.6) is 11.5 Å². The van der Waals surface area contributed by atoms with Crippen molar-refractivity contribution in [1.29, 1.82) is 0 Å². The van der Waals surface area contributed by atoms with Crippen molar-refractivity contribution < 1.29 is 9.84 Å². The first kappa shape index (κ1) is 14.2. The lowest BCUT2D eigenvalue weighted by molar-refractivity contribution is 0.403. The van der Waals surface area contributed by atoms with E-state index in [1.807, 2.05) is 36.4 Å². The zero-order chi connectivity index (χ0) is 14.8. The number of hydrogen-bond acceptors (Lipinski definition) is 4. The smallest absolute Gasteiger partial charge is 0.124 e. The summed E-state index contributed by atoms with van der Waals surface area (Å²) in [6, 6.07) is 13.2. The molecule has 0 bridgehead atoms. The van der Waals surface area contributed by atoms with Crippen molar-refractivity contribution >= 4 is 11.6 Å². The van der Waals surface area contributed by atoms with Gasteiger partial charge in [-0.05, 0) is 23.8 Å². The van der Waals surface area contributed by atoms with Crippen LogP contribution < -0.4 is 15.6 Å². The third kappa shape index (κ3) is 2.83. The Labute approximate surface area is 128 Å². The molecule has 21 heavy (non-hydrogen) atoms. The second kappa shape index (κ2) is 5.93. The van der Waals surface area contributed by atoms with Crippen molar-refractivity contribution in [3.63, 3.8) is 0 Å². The minimum Gasteiger partial charge on any atom is -0.507 e. The van der Waals surface area contributed by atoms with Crippen LogP contribution >= 0.6 is 11.6 Å². The van der Waals surface area contributed by atoms with E-state index < -0.39 is 0 Å². The number of phenolic OH excluding ortho intramolecular Hbond substituents is 1. The summed E-state index contributed by atoms with van der Waals surface area (Å²) in [6.45, 7) is 0.789. The molecule has 0 saturated carbocycles. The number of hydrazine groups is 1. The summed E-state index contributed by atoms with van der Waals surface area (Å²) in [5.74, 6) is 1.10. The van der Waals surface area contributed by atoms with Crippen LogP contribution in [0.25, 0.3) is 0 Å². The van der Waals surface area contributed by atoms with E-state index in [0.29, 0.717) is 5.75 Å². The molecule has 3 N–H and O–H groups in total. The Morgan fingerprint density at radius 1 is 1.19 bits per heavy atom. The lowest BCUT2D eigenvalue weighted by Crippen LogP contribution is -2.24. The molecular weight excluding hydrogens is 288 g/mol. The van der Waals surface area contributed by atoms with Gasteiger partial charge in [-0.3, -0.25) is 5.43 Å². The molecule has 0 amide bonds. The van der Waals surface area contributed by atoms with Crippen LogP contribution in [0.2, 0.25) is 5.02 Å². The molecule has 4 nitrogen and oxygen atoms in total. The predicted molar refractivity (Wildman–Crippen MR) is 82.7 cm³/mol. The van der Waals surface area contributed by atoms with Crippen molar-refractivity contribution in [3.05, 3.63) is 58.6 Å². The monoisotopic (exact) mass is 304 g/mol. The van der Waals surface area contributed by atoms with E-state index in [0.717, 1.165) is 17.1 Å². The second-order valence-corrected chi connectivity index (χ2v) is 5.52. The lowest BCUT2D eigenvalue weighted by Gasteiger charge is -2.20. The number of methoxy groups -OCH3 is 1. The van der Waals surface area contributed by atoms with Crippen molar-refractivity contribution in [2.75, 3.05) is 13.7 Å². The first-order valence-electron chi connectivity index (χ1n) is 6.80. The molecule has 2 atom stereocenters. The first-order chi connectivity index (χ1) is 10.2. The normalized spacial score (nSPS) is 21.4. The standard InChI is InChI=1S/C16H17ClN2O2/c1-21-12-6-7-13(15(20)8-12)16-14(9-18-19-16)10-2-4-11(17)5-3-10/h2-8,14,16,18-20H,9H2,1H3. The number of hydrogen-bond donors (Lipinski definition) is 3. The highest BCUT2D eigenvalue weighted by Gasteiger charge is 2.31. The van der Waals surface area contributed by atoms with E-state index in [1.165, 1.54) is 5.56 Å². The number of benzene rings is 2. The number of aromatic hydroxyl groups is 1. The number of phenols is 1. The van der Waals surface area contributed by atoms with E-state index in [4.69, 9.17) is 16.3 Å². The maximum Gasteiger partial charge on any atom is 0.124 e. The molecule has 1 aliphatic rings. The summed E-state index contributed by atoms with van der Waals surface area (Å²) in [4.78, 5) is 0. The van der Waals surface area contributed by atoms with Crippen LogP contribution in [-0.4, -0.2) is 18.8 Å². The molecular formula is C16H17ClN2O2. The summed E-state index contributed by atoms with van der Waals surface area (Å²) in [7, 11) is 1.58. The number of halogens is 1. The van der Waals surface area contributed by atoms with Gasteiger partial charge in [-0.1, -0.05) is 29.8 Å². The predicted octanol–water partition coefficient (Wildman–Crippen LogP) is 2.99. The molecule has 0 radical (unpaired) electrons. The van der Waals surface area contributed by atoms with Crippen LogP contribution in [0.15, 0.2) is 42.5 Å². The van der Waals surface area contributed by atoms with Gasteiger partial charge >= 0.3 is 0 Å². The van der Waals surface area contributed by atoms with Crippen molar-refractivity contribution in [3.8, 4) is 11.5 Å². The molecule has 1 aliphatic heterocycles. The van der Waals surface area contributed by atoms with Crippen LogP contribution in [-0.2, 0) is 0 Å². The Morgan fingerprint density at radius 2 is 1.95 bits per heavy atom. The number of ether oxygens (including phenoxy) is 1. The van der Waals surface area contributed by atoms with Gasteiger partial charge in [0, 0.05) is 29.1 Å². The van der Waals surface area contributed by atoms with Gasteiger partial charge in [0.25, 0.3) is 0 Å². The molecule has 2 unspecified atom stereocenters. The van der Waals surface area contributed by atoms with Gasteiger partial charge < -0.3 is 9.84 Å². The fourth-order valence-corrected chi connectivity index (χ4v) is 2.85. The molecule has 2 aromatic carbocycles. The molecule has 110 valence electrons. The Kier molecular flexibility index (Phi) is 4.01. The Balaban J connectivity index is 1.92. The fraction of sp³-hybridized carbons (Fsp3) is 0.250. The van der Waals surface area contributed by atoms with E-state index >= 15 is 0 Å². The van der Waals surface area contributed by atoms with Gasteiger partial charge in [-0.15, -0.1) is 0 Å². The minimum atomic E-state index is -0.00270. The zero-order valence-electron chi connectivity index (χ0n) is 11.6. The van der Waals surface area contributed by atoms with Gasteiger partial charge in [0.2, 0.25) is 0 Å². The van der Waals surface area contributed by atoms with E-state index in [9.17, 15) is 5.11 Å². The SMILES string of the molecule is COc1ccc(C2NNCC2c2ccc(Cl)cc2)c(O)c1. The van der Waals surface area contributed by atoms with Crippen molar-refractivity contribution in [2.45, 2.75) is 12.0 Å². The summed E-state index contributed by atoms with van der Waals surface area (Å²) in [5, 5.41) is 10.9. The van der Waals surface area contributed by atoms with Gasteiger partial charge in [-0.25, -0.2) is 5.43 Å². The molecule has 1 fully saturated rings. The molecule has 1 heterocycles. The molecule has 0 aromatic heterocycles. The van der Waals surface area contributed by atoms with E-state index in [1.54, 1.807) is 13.2 Å². The van der Waals surface area contributed by atoms with E-state index in [-0.39, 0.29) is 17.7 Å². The van der Waals surface area contributed by atoms with Crippen molar-refractivity contribution in [1.82, 2.24) is 10.9 Å². The number of rotatable bonds is 3. The van der Waals surface area contributed by atoms with Gasteiger partial charge in [0.1, 0.15) is 11.5 Å². The molecule has 2 aromatic rings. The maximum atomic E-state index is 10.2. The van der Waals surface area contributed by atoms with Crippen LogP contribution in [0, 0.1) is 0 Å². The summed E-state index contributed by atoms with van der Waals surface area (Å²) < 4.78 is 5.13. The van der Waals surface area contributed by atoms with Crippen LogP contribution in [0.3, 0.4) is 0 Å². The third-order valence-electron chi connectivity index (χ3n) is 3.85. The highest BCUT2D eigenvalue weighted by molar-refractivity contribution is 6.30. The Hall–Kier alpha value is -1.75. The molecule has 3 rings (SSSR count). The molecule has 5 heteroatoms. The van der Waals surface area contributed by atoms with E-state index in [2.05, 4.69) is 10.9 Å². The fourth-order valence-electron chi connectivity index (χ4n) is 2.73. The molecule has 0 spiro atoms. The van der Waals surface area contributed by atoms with Crippen LogP contribution in [0.1, 0.15) is 23.1 Å². The maximum absolute atomic E-state index is 10.2. The van der Waals surface area contributed by atoms with Crippen molar-refractivity contribution in [2.24, 2.45) is 0 Å². The highest BCUT2D eigenvalue weighted by Crippen LogP contribution is 2.38.